The van der Waals surface area contributed by atoms with Gasteiger partial charge in [-0.25, -0.2) is 4.98 Å². The Balaban J connectivity index is 2.04. The standard InChI is InChI=1S/C14H23N3OS/c1-13(2)5-9(6-14(3,4)8-13)16-11(18)10-7-19-12(15)17-10/h7,9H,5-6,8H2,1-4H3,(H2,15,17)(H,16,18). The van der Waals surface area contributed by atoms with Gasteiger partial charge in [-0.3, -0.25) is 4.79 Å². The maximum atomic E-state index is 12.1. The number of carbonyl (C=O) groups is 1. The van der Waals surface area contributed by atoms with E-state index < -0.39 is 0 Å². The SMILES string of the molecule is CC1(C)CC(NC(=O)c2csc(N)n2)CC(C)(C)C1. The fraction of sp³-hybridized carbons (Fsp3) is 0.714. The minimum atomic E-state index is -0.105. The summed E-state index contributed by atoms with van der Waals surface area (Å²) in [6, 6.07) is 0.217. The topological polar surface area (TPSA) is 68.0 Å². The summed E-state index contributed by atoms with van der Waals surface area (Å²) in [5, 5.41) is 5.26. The Labute approximate surface area is 118 Å². The van der Waals surface area contributed by atoms with Crippen molar-refractivity contribution in [1.82, 2.24) is 10.3 Å². The van der Waals surface area contributed by atoms with Crippen LogP contribution < -0.4 is 11.1 Å². The van der Waals surface area contributed by atoms with Gasteiger partial charge in [0.15, 0.2) is 5.13 Å². The number of nitrogens with one attached hydrogen (secondary N) is 1. The molecular weight excluding hydrogens is 258 g/mol. The molecule has 5 heteroatoms. The van der Waals surface area contributed by atoms with Gasteiger partial charge in [0.05, 0.1) is 0 Å². The third kappa shape index (κ3) is 3.69. The molecule has 3 N–H and O–H groups in total. The van der Waals surface area contributed by atoms with Crippen molar-refractivity contribution in [2.45, 2.75) is 53.0 Å². The number of nitrogen functional groups attached to an aromatic ring is 1. The molecule has 1 amide bonds. The van der Waals surface area contributed by atoms with Gasteiger partial charge in [0.1, 0.15) is 5.69 Å². The summed E-state index contributed by atoms with van der Waals surface area (Å²) in [5.74, 6) is -0.105. The predicted molar refractivity (Wildman–Crippen MR) is 79.2 cm³/mol. The second kappa shape index (κ2) is 4.78. The molecule has 4 nitrogen and oxygen atoms in total. The molecule has 0 saturated heterocycles. The molecule has 19 heavy (non-hydrogen) atoms. The van der Waals surface area contributed by atoms with Crippen molar-refractivity contribution in [3.8, 4) is 0 Å². The van der Waals surface area contributed by atoms with Crippen molar-refractivity contribution in [2.24, 2.45) is 10.8 Å². The van der Waals surface area contributed by atoms with Gasteiger partial charge in [-0.2, -0.15) is 0 Å². The highest BCUT2D eigenvalue weighted by atomic mass is 32.1. The molecule has 1 aromatic heterocycles. The van der Waals surface area contributed by atoms with Crippen molar-refractivity contribution >= 4 is 22.4 Å². The van der Waals surface area contributed by atoms with E-state index in [1.54, 1.807) is 5.38 Å². The van der Waals surface area contributed by atoms with E-state index in [1.165, 1.54) is 17.8 Å². The van der Waals surface area contributed by atoms with Crippen LogP contribution in [-0.4, -0.2) is 16.9 Å². The smallest absolute Gasteiger partial charge is 0.271 e. The summed E-state index contributed by atoms with van der Waals surface area (Å²) >= 11 is 1.30. The van der Waals surface area contributed by atoms with E-state index in [0.717, 1.165) is 12.8 Å². The third-order valence-electron chi connectivity index (χ3n) is 3.64. The molecule has 0 atom stereocenters. The highest BCUT2D eigenvalue weighted by molar-refractivity contribution is 7.13. The minimum Gasteiger partial charge on any atom is -0.375 e. The second-order valence-electron chi connectivity index (χ2n) is 7.15. The first kappa shape index (κ1) is 14.3. The van der Waals surface area contributed by atoms with Crippen LogP contribution in [0.1, 0.15) is 57.4 Å². The molecule has 1 aliphatic carbocycles. The molecule has 1 fully saturated rings. The Bertz CT molecular complexity index is 463. The quantitative estimate of drug-likeness (QED) is 0.875. The van der Waals surface area contributed by atoms with Gasteiger partial charge in [0, 0.05) is 11.4 Å². The number of nitrogens with zero attached hydrogens (tertiary/aromatic N) is 1. The maximum Gasteiger partial charge on any atom is 0.271 e. The maximum absolute atomic E-state index is 12.1. The van der Waals surface area contributed by atoms with Gasteiger partial charge in [-0.1, -0.05) is 27.7 Å². The fourth-order valence-electron chi connectivity index (χ4n) is 3.60. The lowest BCUT2D eigenvalue weighted by atomic mass is 9.63. The van der Waals surface area contributed by atoms with Crippen LogP contribution in [0.3, 0.4) is 0 Å². The number of nitrogens with two attached hydrogens (primary N) is 1. The van der Waals surface area contributed by atoms with Crippen molar-refractivity contribution in [3.05, 3.63) is 11.1 Å². The Morgan fingerprint density at radius 3 is 2.42 bits per heavy atom. The molecule has 1 heterocycles. The van der Waals surface area contributed by atoms with E-state index in [4.69, 9.17) is 5.73 Å². The van der Waals surface area contributed by atoms with Crippen LogP contribution in [0, 0.1) is 10.8 Å². The highest BCUT2D eigenvalue weighted by Gasteiger charge is 2.39. The molecule has 0 radical (unpaired) electrons. The molecule has 1 aromatic rings. The van der Waals surface area contributed by atoms with Crippen LogP contribution in [0.4, 0.5) is 5.13 Å². The number of anilines is 1. The normalized spacial score (nSPS) is 22.1. The van der Waals surface area contributed by atoms with Crippen molar-refractivity contribution in [3.63, 3.8) is 0 Å². The average Bonchev–Trinajstić information content (AvgIpc) is 2.59. The lowest BCUT2D eigenvalue weighted by Gasteiger charge is -2.45. The molecule has 0 aliphatic heterocycles. The molecule has 0 unspecified atom stereocenters. The van der Waals surface area contributed by atoms with E-state index in [9.17, 15) is 4.79 Å². The fourth-order valence-corrected chi connectivity index (χ4v) is 4.14. The van der Waals surface area contributed by atoms with Crippen LogP contribution in [0.2, 0.25) is 0 Å². The molecule has 0 bridgehead atoms. The van der Waals surface area contributed by atoms with Crippen LogP contribution in [0.5, 0.6) is 0 Å². The first-order chi connectivity index (χ1) is 8.67. The Morgan fingerprint density at radius 2 is 1.95 bits per heavy atom. The zero-order chi connectivity index (χ0) is 14.3. The van der Waals surface area contributed by atoms with E-state index in [0.29, 0.717) is 10.8 Å². The summed E-state index contributed by atoms with van der Waals surface area (Å²) in [5.41, 5.74) is 6.53. The monoisotopic (exact) mass is 281 g/mol. The number of aromatic nitrogens is 1. The Morgan fingerprint density at radius 1 is 1.37 bits per heavy atom. The van der Waals surface area contributed by atoms with Gasteiger partial charge in [-0.05, 0) is 30.1 Å². The van der Waals surface area contributed by atoms with Gasteiger partial charge in [0.25, 0.3) is 5.91 Å². The molecule has 0 spiro atoms. The third-order valence-corrected chi connectivity index (χ3v) is 4.32. The second-order valence-corrected chi connectivity index (χ2v) is 8.04. The average molecular weight is 281 g/mol. The number of rotatable bonds is 2. The lowest BCUT2D eigenvalue weighted by Crippen LogP contribution is -2.46. The summed E-state index contributed by atoms with van der Waals surface area (Å²) in [6.45, 7) is 9.09. The zero-order valence-corrected chi connectivity index (χ0v) is 12.9. The van der Waals surface area contributed by atoms with Crippen LogP contribution in [0.25, 0.3) is 0 Å². The number of amides is 1. The number of hydrogen-bond donors (Lipinski definition) is 2. The zero-order valence-electron chi connectivity index (χ0n) is 12.1. The van der Waals surface area contributed by atoms with Gasteiger partial charge >= 0.3 is 0 Å². The molecule has 2 rings (SSSR count). The van der Waals surface area contributed by atoms with E-state index >= 15 is 0 Å². The molecule has 1 aliphatic rings. The van der Waals surface area contributed by atoms with Gasteiger partial charge in [0.2, 0.25) is 0 Å². The molecule has 106 valence electrons. The van der Waals surface area contributed by atoms with E-state index in [-0.39, 0.29) is 22.8 Å². The van der Waals surface area contributed by atoms with Crippen molar-refractivity contribution in [1.29, 1.82) is 0 Å². The summed E-state index contributed by atoms with van der Waals surface area (Å²) in [6.07, 6.45) is 3.22. The molecule has 1 saturated carbocycles. The van der Waals surface area contributed by atoms with Crippen LogP contribution in [-0.2, 0) is 0 Å². The van der Waals surface area contributed by atoms with Crippen LogP contribution in [0.15, 0.2) is 5.38 Å². The first-order valence-corrected chi connectivity index (χ1v) is 7.57. The summed E-state index contributed by atoms with van der Waals surface area (Å²) < 4.78 is 0. The number of hydrogen-bond acceptors (Lipinski definition) is 4. The van der Waals surface area contributed by atoms with Gasteiger partial charge in [-0.15, -0.1) is 11.3 Å². The predicted octanol–water partition coefficient (Wildman–Crippen LogP) is 3.06. The van der Waals surface area contributed by atoms with Gasteiger partial charge < -0.3 is 11.1 Å². The highest BCUT2D eigenvalue weighted by Crippen LogP contribution is 2.45. The van der Waals surface area contributed by atoms with Crippen LogP contribution >= 0.6 is 11.3 Å². The lowest BCUT2D eigenvalue weighted by molar-refractivity contribution is 0.0711. The Hall–Kier alpha value is -1.10. The number of thiazole rings is 1. The van der Waals surface area contributed by atoms with E-state index in [2.05, 4.69) is 38.0 Å². The molecule has 0 aromatic carbocycles. The molecular formula is C14H23N3OS. The van der Waals surface area contributed by atoms with Crippen molar-refractivity contribution < 1.29 is 4.79 Å². The summed E-state index contributed by atoms with van der Waals surface area (Å²) in [7, 11) is 0. The number of carbonyl (C=O) groups excluding carboxylic acids is 1. The van der Waals surface area contributed by atoms with Crippen molar-refractivity contribution in [2.75, 3.05) is 5.73 Å². The van der Waals surface area contributed by atoms with E-state index in [1.807, 2.05) is 0 Å². The summed E-state index contributed by atoms with van der Waals surface area (Å²) in [4.78, 5) is 16.2. The largest absolute Gasteiger partial charge is 0.375 e. The minimum absolute atomic E-state index is 0.105. The Kier molecular flexibility index (Phi) is 3.60. The first-order valence-electron chi connectivity index (χ1n) is 6.69.